The third kappa shape index (κ3) is 2.61. The van der Waals surface area contributed by atoms with Gasteiger partial charge in [0, 0.05) is 19.6 Å². The Morgan fingerprint density at radius 1 is 1.75 bits per heavy atom. The molecule has 0 aromatic carbocycles. The number of hydrogen-bond acceptors (Lipinski definition) is 4. The van der Waals surface area contributed by atoms with E-state index in [9.17, 15) is 4.79 Å². The summed E-state index contributed by atoms with van der Waals surface area (Å²) in [6.07, 6.45) is 0.237. The Bertz CT molecular complexity index is 377. The minimum atomic E-state index is -0.827. The fourth-order valence-electron chi connectivity index (χ4n) is 1.92. The van der Waals surface area contributed by atoms with Gasteiger partial charge in [0.15, 0.2) is 0 Å². The van der Waals surface area contributed by atoms with Gasteiger partial charge in [-0.15, -0.1) is 11.3 Å². The molecule has 1 unspecified atom stereocenters. The third-order valence-electron chi connectivity index (χ3n) is 2.66. The van der Waals surface area contributed by atoms with E-state index in [1.807, 2.05) is 18.4 Å². The van der Waals surface area contributed by atoms with Gasteiger partial charge in [-0.25, -0.2) is 4.79 Å². The van der Waals surface area contributed by atoms with E-state index in [1.54, 1.807) is 0 Å². The van der Waals surface area contributed by atoms with Crippen LogP contribution < -0.4 is 0 Å². The minimum absolute atomic E-state index is 0.237. The molecule has 0 aliphatic carbocycles. The van der Waals surface area contributed by atoms with Crippen LogP contribution in [0, 0.1) is 0 Å². The Balaban J connectivity index is 2.02. The summed E-state index contributed by atoms with van der Waals surface area (Å²) in [5.74, 6) is -0.827. The Morgan fingerprint density at radius 2 is 2.56 bits per heavy atom. The number of morpholine rings is 1. The maximum atomic E-state index is 11.0. The second-order valence-electron chi connectivity index (χ2n) is 4.00. The molecule has 2 heterocycles. The summed E-state index contributed by atoms with van der Waals surface area (Å²) in [4.78, 5) is 13.7. The summed E-state index contributed by atoms with van der Waals surface area (Å²) in [5, 5.41) is 10.8. The van der Waals surface area contributed by atoms with Crippen molar-refractivity contribution in [3.05, 3.63) is 21.9 Å². The molecule has 1 aliphatic heterocycles. The van der Waals surface area contributed by atoms with Crippen molar-refractivity contribution in [2.24, 2.45) is 0 Å². The van der Waals surface area contributed by atoms with Crippen molar-refractivity contribution in [2.75, 3.05) is 19.7 Å². The molecule has 4 nitrogen and oxygen atoms in total. The molecular weight excluding hydrogens is 226 g/mol. The van der Waals surface area contributed by atoms with E-state index in [0.29, 0.717) is 11.4 Å². The maximum absolute atomic E-state index is 11.0. The van der Waals surface area contributed by atoms with E-state index in [2.05, 4.69) is 4.90 Å². The molecule has 0 bridgehead atoms. The normalized spacial score (nSPS) is 22.2. The molecule has 1 N–H and O–H groups in total. The highest BCUT2D eigenvalue weighted by atomic mass is 32.1. The quantitative estimate of drug-likeness (QED) is 0.874. The summed E-state index contributed by atoms with van der Waals surface area (Å²) in [5.41, 5.74) is 0.909. The van der Waals surface area contributed by atoms with Crippen LogP contribution in [0.5, 0.6) is 0 Å². The number of aromatic carboxylic acids is 1. The predicted molar refractivity (Wildman–Crippen MR) is 62.0 cm³/mol. The molecule has 1 fully saturated rings. The van der Waals surface area contributed by atoms with Gasteiger partial charge in [0.1, 0.15) is 4.88 Å². The molecule has 0 radical (unpaired) electrons. The lowest BCUT2D eigenvalue weighted by molar-refractivity contribution is -0.0212. The Morgan fingerprint density at radius 3 is 3.25 bits per heavy atom. The molecule has 1 aromatic heterocycles. The minimum Gasteiger partial charge on any atom is -0.477 e. The van der Waals surface area contributed by atoms with Gasteiger partial charge in [-0.05, 0) is 23.9 Å². The first-order valence-electron chi connectivity index (χ1n) is 5.30. The van der Waals surface area contributed by atoms with Crippen LogP contribution in [0.1, 0.15) is 22.2 Å². The second-order valence-corrected chi connectivity index (χ2v) is 4.91. The Hall–Kier alpha value is -0.910. The van der Waals surface area contributed by atoms with Gasteiger partial charge in [-0.3, -0.25) is 4.90 Å². The summed E-state index contributed by atoms with van der Waals surface area (Å²) >= 11 is 1.29. The molecule has 16 heavy (non-hydrogen) atoms. The summed E-state index contributed by atoms with van der Waals surface area (Å²) in [7, 11) is 0. The maximum Gasteiger partial charge on any atom is 0.346 e. The molecule has 88 valence electrons. The van der Waals surface area contributed by atoms with E-state index in [1.165, 1.54) is 11.3 Å². The zero-order valence-electron chi connectivity index (χ0n) is 9.18. The van der Waals surface area contributed by atoms with Crippen LogP contribution in [0.15, 0.2) is 11.4 Å². The Labute approximate surface area is 98.4 Å². The zero-order chi connectivity index (χ0) is 11.5. The number of hydrogen-bond donors (Lipinski definition) is 1. The molecule has 1 aromatic rings. The molecule has 0 amide bonds. The predicted octanol–water partition coefficient (Wildman–Crippen LogP) is 1.67. The molecule has 1 atom stereocenters. The molecule has 0 saturated carbocycles. The lowest BCUT2D eigenvalue weighted by atomic mass is 10.2. The van der Waals surface area contributed by atoms with Gasteiger partial charge in [0.25, 0.3) is 0 Å². The van der Waals surface area contributed by atoms with Gasteiger partial charge in [0.2, 0.25) is 0 Å². The number of carbonyl (C=O) groups is 1. The van der Waals surface area contributed by atoms with Crippen molar-refractivity contribution >= 4 is 17.3 Å². The van der Waals surface area contributed by atoms with Gasteiger partial charge in [0.05, 0.1) is 12.7 Å². The summed E-state index contributed by atoms with van der Waals surface area (Å²) in [6, 6.07) is 1.90. The molecule has 1 aliphatic rings. The lowest BCUT2D eigenvalue weighted by Crippen LogP contribution is -2.40. The first-order chi connectivity index (χ1) is 7.66. The molecule has 0 spiro atoms. The van der Waals surface area contributed by atoms with Gasteiger partial charge >= 0.3 is 5.97 Å². The highest BCUT2D eigenvalue weighted by Crippen LogP contribution is 2.19. The van der Waals surface area contributed by atoms with E-state index >= 15 is 0 Å². The molecule has 2 rings (SSSR count). The first kappa shape index (κ1) is 11.6. The van der Waals surface area contributed by atoms with Crippen LogP contribution in [0.4, 0.5) is 0 Å². The monoisotopic (exact) mass is 241 g/mol. The van der Waals surface area contributed by atoms with Crippen LogP contribution in [0.3, 0.4) is 0 Å². The van der Waals surface area contributed by atoms with Crippen molar-refractivity contribution in [1.29, 1.82) is 0 Å². The smallest absolute Gasteiger partial charge is 0.346 e. The number of carboxylic acids is 1. The SMILES string of the molecule is CC1CN(Cc2ccsc2C(=O)O)CCO1. The van der Waals surface area contributed by atoms with Crippen LogP contribution in [0.2, 0.25) is 0 Å². The number of nitrogens with zero attached hydrogens (tertiary/aromatic N) is 1. The fourth-order valence-corrected chi connectivity index (χ4v) is 2.68. The van der Waals surface area contributed by atoms with Crippen LogP contribution in [-0.4, -0.2) is 41.8 Å². The summed E-state index contributed by atoms with van der Waals surface area (Å²) < 4.78 is 5.45. The topological polar surface area (TPSA) is 49.8 Å². The Kier molecular flexibility index (Phi) is 3.58. The number of carboxylic acid groups (broad SMARTS) is 1. The first-order valence-corrected chi connectivity index (χ1v) is 6.18. The van der Waals surface area contributed by atoms with Crippen molar-refractivity contribution in [1.82, 2.24) is 4.90 Å². The zero-order valence-corrected chi connectivity index (χ0v) is 10.00. The number of ether oxygens (including phenoxy) is 1. The molecule has 5 heteroatoms. The van der Waals surface area contributed by atoms with Crippen molar-refractivity contribution in [3.8, 4) is 0 Å². The highest BCUT2D eigenvalue weighted by molar-refractivity contribution is 7.12. The third-order valence-corrected chi connectivity index (χ3v) is 3.60. The van der Waals surface area contributed by atoms with Crippen LogP contribution >= 0.6 is 11.3 Å². The molecule has 1 saturated heterocycles. The summed E-state index contributed by atoms with van der Waals surface area (Å²) in [6.45, 7) is 5.22. The van der Waals surface area contributed by atoms with Crippen molar-refractivity contribution in [2.45, 2.75) is 19.6 Å². The van der Waals surface area contributed by atoms with E-state index in [4.69, 9.17) is 9.84 Å². The van der Waals surface area contributed by atoms with Gasteiger partial charge in [-0.2, -0.15) is 0 Å². The van der Waals surface area contributed by atoms with Crippen LogP contribution in [-0.2, 0) is 11.3 Å². The second kappa shape index (κ2) is 4.95. The van der Waals surface area contributed by atoms with E-state index in [-0.39, 0.29) is 6.10 Å². The molecular formula is C11H15NO3S. The fraction of sp³-hybridized carbons (Fsp3) is 0.545. The largest absolute Gasteiger partial charge is 0.477 e. The standard InChI is InChI=1S/C11H15NO3S/c1-8-6-12(3-4-15-8)7-9-2-5-16-10(9)11(13)14/h2,5,8H,3-4,6-7H2,1H3,(H,13,14). The number of thiophene rings is 1. The lowest BCUT2D eigenvalue weighted by Gasteiger charge is -2.30. The van der Waals surface area contributed by atoms with E-state index < -0.39 is 5.97 Å². The van der Waals surface area contributed by atoms with Crippen LogP contribution in [0.25, 0.3) is 0 Å². The number of rotatable bonds is 3. The van der Waals surface area contributed by atoms with Crippen molar-refractivity contribution in [3.63, 3.8) is 0 Å². The van der Waals surface area contributed by atoms with Gasteiger partial charge in [-0.1, -0.05) is 0 Å². The average Bonchev–Trinajstić information content (AvgIpc) is 2.66. The highest BCUT2D eigenvalue weighted by Gasteiger charge is 2.19. The van der Waals surface area contributed by atoms with Gasteiger partial charge < -0.3 is 9.84 Å². The van der Waals surface area contributed by atoms with Crippen molar-refractivity contribution < 1.29 is 14.6 Å². The average molecular weight is 241 g/mol. The van der Waals surface area contributed by atoms with E-state index in [0.717, 1.165) is 25.3 Å².